The Labute approximate surface area is 192 Å². The average Bonchev–Trinajstić information content (AvgIpc) is 3.15. The topological polar surface area (TPSA) is 82.4 Å². The van der Waals surface area contributed by atoms with Crippen LogP contribution >= 0.6 is 0 Å². The third-order valence-electron chi connectivity index (χ3n) is 5.17. The van der Waals surface area contributed by atoms with Crippen LogP contribution in [-0.4, -0.2) is 34.1 Å². The molecule has 0 fully saturated rings. The highest BCUT2D eigenvalue weighted by Gasteiger charge is 2.21. The third kappa shape index (κ3) is 4.72. The number of ether oxygens (including phenoxy) is 2. The average molecular weight is 444 g/mol. The summed E-state index contributed by atoms with van der Waals surface area (Å²) in [5.74, 6) is 0.328. The normalized spacial score (nSPS) is 11.7. The summed E-state index contributed by atoms with van der Waals surface area (Å²) >= 11 is 0. The van der Waals surface area contributed by atoms with E-state index in [0.717, 1.165) is 17.0 Å². The molecule has 0 saturated carbocycles. The minimum absolute atomic E-state index is 0.328. The summed E-state index contributed by atoms with van der Waals surface area (Å²) < 4.78 is 13.0. The number of hydrogen-bond donors (Lipinski definition) is 1. The van der Waals surface area contributed by atoms with Gasteiger partial charge in [-0.1, -0.05) is 30.3 Å². The summed E-state index contributed by atoms with van der Waals surface area (Å²) in [6, 6.07) is 22.2. The van der Waals surface area contributed by atoms with E-state index in [1.165, 1.54) is 6.92 Å². The molecule has 0 saturated heterocycles. The zero-order chi connectivity index (χ0) is 23.4. The van der Waals surface area contributed by atoms with Crippen molar-refractivity contribution >= 4 is 28.6 Å². The van der Waals surface area contributed by atoms with Crippen LogP contribution in [0, 0.1) is 6.92 Å². The first-order valence-corrected chi connectivity index (χ1v) is 10.8. The number of aryl methyl sites for hydroxylation is 1. The maximum Gasteiger partial charge on any atom is 0.338 e. The van der Waals surface area contributed by atoms with E-state index in [4.69, 9.17) is 9.47 Å². The summed E-state index contributed by atoms with van der Waals surface area (Å²) in [6.45, 7) is 5.78. The van der Waals surface area contributed by atoms with Crippen molar-refractivity contribution in [3.8, 4) is 11.4 Å². The van der Waals surface area contributed by atoms with Gasteiger partial charge in [-0.3, -0.25) is 9.36 Å². The Kier molecular flexibility index (Phi) is 6.40. The number of imidazole rings is 1. The first kappa shape index (κ1) is 22.1. The minimum Gasteiger partial charge on any atom is -0.492 e. The predicted molar refractivity (Wildman–Crippen MR) is 127 cm³/mol. The van der Waals surface area contributed by atoms with Gasteiger partial charge in [0.05, 0.1) is 28.9 Å². The molecule has 4 rings (SSSR count). The molecular formula is C26H25N3O4. The number of nitrogens with one attached hydrogen (secondary N) is 1. The number of benzene rings is 3. The van der Waals surface area contributed by atoms with Crippen LogP contribution in [0.15, 0.2) is 72.8 Å². The number of amides is 1. The second kappa shape index (κ2) is 9.56. The summed E-state index contributed by atoms with van der Waals surface area (Å²) in [6.07, 6.45) is -0.994. The summed E-state index contributed by atoms with van der Waals surface area (Å²) in [5.41, 5.74) is 3.40. The van der Waals surface area contributed by atoms with Crippen LogP contribution in [0.2, 0.25) is 0 Å². The van der Waals surface area contributed by atoms with Crippen LogP contribution in [0.3, 0.4) is 0 Å². The number of carbonyl (C=O) groups is 2. The largest absolute Gasteiger partial charge is 0.492 e. The van der Waals surface area contributed by atoms with Crippen molar-refractivity contribution in [3.05, 3.63) is 84.2 Å². The Bertz CT molecular complexity index is 1300. The number of hydrogen-bond acceptors (Lipinski definition) is 5. The van der Waals surface area contributed by atoms with Crippen LogP contribution in [0.5, 0.6) is 5.75 Å². The van der Waals surface area contributed by atoms with Gasteiger partial charge in [0.2, 0.25) is 0 Å². The molecular weight excluding hydrogens is 418 g/mol. The van der Waals surface area contributed by atoms with Gasteiger partial charge in [-0.25, -0.2) is 9.78 Å². The molecule has 7 heteroatoms. The van der Waals surface area contributed by atoms with Gasteiger partial charge in [0, 0.05) is 5.69 Å². The van der Waals surface area contributed by atoms with Crippen molar-refractivity contribution in [2.24, 2.45) is 0 Å². The van der Waals surface area contributed by atoms with Crippen LogP contribution in [0.4, 0.5) is 5.69 Å². The first-order chi connectivity index (χ1) is 16.0. The van der Waals surface area contributed by atoms with Crippen LogP contribution < -0.4 is 10.1 Å². The zero-order valence-corrected chi connectivity index (χ0v) is 18.7. The second-order valence-electron chi connectivity index (χ2n) is 7.50. The van der Waals surface area contributed by atoms with Gasteiger partial charge < -0.3 is 14.8 Å². The fourth-order valence-electron chi connectivity index (χ4n) is 3.60. The number of para-hydroxylation sites is 3. The lowest BCUT2D eigenvalue weighted by atomic mass is 10.2. The van der Waals surface area contributed by atoms with E-state index in [0.29, 0.717) is 29.1 Å². The molecule has 0 spiro atoms. The Morgan fingerprint density at radius 2 is 1.76 bits per heavy atom. The highest BCUT2D eigenvalue weighted by molar-refractivity contribution is 5.99. The number of anilines is 1. The lowest BCUT2D eigenvalue weighted by molar-refractivity contribution is -0.123. The number of fused-ring (bicyclic) bond motifs is 1. The number of esters is 1. The lowest BCUT2D eigenvalue weighted by Gasteiger charge is -2.15. The second-order valence-corrected chi connectivity index (χ2v) is 7.50. The fraction of sp³-hybridized carbons (Fsp3) is 0.192. The standard InChI is InChI=1S/C26H25N3O4/c1-4-32-24-13-9-8-12-21(24)28-25(30)17(2)33-26(31)19-14-15-23-22(16-19)27-18(3)29(23)20-10-6-5-7-11-20/h5-17H,4H2,1-3H3,(H,28,30). The molecule has 4 aromatic rings. The quantitative estimate of drug-likeness (QED) is 0.410. The molecule has 1 N–H and O–H groups in total. The SMILES string of the molecule is CCOc1ccccc1NC(=O)C(C)OC(=O)c1ccc2c(c1)nc(C)n2-c1ccccc1. The molecule has 1 heterocycles. The Balaban J connectivity index is 1.49. The molecule has 0 aliphatic rings. The van der Waals surface area contributed by atoms with Gasteiger partial charge in [-0.15, -0.1) is 0 Å². The van der Waals surface area contributed by atoms with E-state index >= 15 is 0 Å². The van der Waals surface area contributed by atoms with E-state index in [9.17, 15) is 9.59 Å². The molecule has 168 valence electrons. The molecule has 0 aliphatic carbocycles. The van der Waals surface area contributed by atoms with Crippen molar-refractivity contribution in [2.75, 3.05) is 11.9 Å². The Hall–Kier alpha value is -4.13. The first-order valence-electron chi connectivity index (χ1n) is 10.8. The van der Waals surface area contributed by atoms with Crippen molar-refractivity contribution in [1.82, 2.24) is 9.55 Å². The van der Waals surface area contributed by atoms with E-state index < -0.39 is 18.0 Å². The van der Waals surface area contributed by atoms with Crippen molar-refractivity contribution in [3.63, 3.8) is 0 Å². The predicted octanol–water partition coefficient (Wildman–Crippen LogP) is 4.92. The molecule has 7 nitrogen and oxygen atoms in total. The summed E-state index contributed by atoms with van der Waals surface area (Å²) in [7, 11) is 0. The highest BCUT2D eigenvalue weighted by atomic mass is 16.5. The molecule has 0 bridgehead atoms. The molecule has 0 radical (unpaired) electrons. The van der Waals surface area contributed by atoms with Gasteiger partial charge in [0.1, 0.15) is 11.6 Å². The molecule has 33 heavy (non-hydrogen) atoms. The number of nitrogens with zero attached hydrogens (tertiary/aromatic N) is 2. The lowest BCUT2D eigenvalue weighted by Crippen LogP contribution is -2.30. The maximum absolute atomic E-state index is 12.7. The highest BCUT2D eigenvalue weighted by Crippen LogP contribution is 2.25. The number of aromatic nitrogens is 2. The van der Waals surface area contributed by atoms with Crippen molar-refractivity contribution < 1.29 is 19.1 Å². The van der Waals surface area contributed by atoms with E-state index in [2.05, 4.69) is 10.3 Å². The van der Waals surface area contributed by atoms with E-state index in [-0.39, 0.29) is 0 Å². The van der Waals surface area contributed by atoms with Crippen LogP contribution in [0.25, 0.3) is 16.7 Å². The van der Waals surface area contributed by atoms with Crippen molar-refractivity contribution in [2.45, 2.75) is 26.9 Å². The summed E-state index contributed by atoms with van der Waals surface area (Å²) in [5, 5.41) is 2.75. The monoisotopic (exact) mass is 443 g/mol. The minimum atomic E-state index is -0.994. The number of rotatable bonds is 7. The van der Waals surface area contributed by atoms with Crippen LogP contribution in [-0.2, 0) is 9.53 Å². The zero-order valence-electron chi connectivity index (χ0n) is 18.7. The molecule has 0 aliphatic heterocycles. The van der Waals surface area contributed by atoms with Gasteiger partial charge in [0.15, 0.2) is 6.10 Å². The van der Waals surface area contributed by atoms with Gasteiger partial charge in [-0.05, 0) is 63.2 Å². The number of carbonyl (C=O) groups excluding carboxylic acids is 2. The fourth-order valence-corrected chi connectivity index (χ4v) is 3.60. The Morgan fingerprint density at radius 3 is 2.52 bits per heavy atom. The molecule has 1 amide bonds. The van der Waals surface area contributed by atoms with Gasteiger partial charge in [-0.2, -0.15) is 0 Å². The molecule has 1 atom stereocenters. The molecule has 3 aromatic carbocycles. The van der Waals surface area contributed by atoms with E-state index in [1.807, 2.05) is 60.9 Å². The van der Waals surface area contributed by atoms with Crippen LogP contribution in [0.1, 0.15) is 30.0 Å². The Morgan fingerprint density at radius 1 is 1.03 bits per heavy atom. The van der Waals surface area contributed by atoms with Gasteiger partial charge >= 0.3 is 5.97 Å². The van der Waals surface area contributed by atoms with Gasteiger partial charge in [0.25, 0.3) is 5.91 Å². The summed E-state index contributed by atoms with van der Waals surface area (Å²) in [4.78, 5) is 29.9. The van der Waals surface area contributed by atoms with Crippen molar-refractivity contribution in [1.29, 1.82) is 0 Å². The maximum atomic E-state index is 12.7. The smallest absolute Gasteiger partial charge is 0.338 e. The molecule has 1 unspecified atom stereocenters. The van der Waals surface area contributed by atoms with E-state index in [1.54, 1.807) is 30.3 Å². The third-order valence-corrected chi connectivity index (χ3v) is 5.17. The molecule has 1 aromatic heterocycles.